The van der Waals surface area contributed by atoms with E-state index in [1.807, 2.05) is 0 Å². The Hall–Kier alpha value is -0.300. The molecule has 78 valence electrons. The Morgan fingerprint density at radius 3 is 2.29 bits per heavy atom. The van der Waals surface area contributed by atoms with Crippen LogP contribution in [0.15, 0.2) is 28.7 Å². The summed E-state index contributed by atoms with van der Waals surface area (Å²) in [6.45, 7) is 4.56. The van der Waals surface area contributed by atoms with Gasteiger partial charge in [-0.3, -0.25) is 0 Å². The maximum Gasteiger partial charge on any atom is 0.0175 e. The highest BCUT2D eigenvalue weighted by Gasteiger charge is 2.05. The Balaban J connectivity index is 2.53. The molecule has 0 bridgehead atoms. The molecule has 1 rings (SSSR count). The Morgan fingerprint density at radius 1 is 1.14 bits per heavy atom. The third kappa shape index (κ3) is 3.83. The minimum atomic E-state index is 0.862. The van der Waals surface area contributed by atoms with Crippen molar-refractivity contribution in [3.05, 3.63) is 34.3 Å². The molecule has 0 saturated carbocycles. The molecule has 1 aromatic carbocycles. The van der Waals surface area contributed by atoms with Crippen LogP contribution in [-0.4, -0.2) is 0 Å². The van der Waals surface area contributed by atoms with E-state index in [-0.39, 0.29) is 0 Å². The van der Waals surface area contributed by atoms with Crippen molar-refractivity contribution in [2.24, 2.45) is 5.92 Å². The first-order valence-electron chi connectivity index (χ1n) is 5.50. The van der Waals surface area contributed by atoms with E-state index >= 15 is 0 Å². The van der Waals surface area contributed by atoms with Gasteiger partial charge in [-0.25, -0.2) is 0 Å². The highest BCUT2D eigenvalue weighted by atomic mass is 79.9. The summed E-state index contributed by atoms with van der Waals surface area (Å²) in [7, 11) is 0. The van der Waals surface area contributed by atoms with Crippen molar-refractivity contribution in [3.8, 4) is 0 Å². The van der Waals surface area contributed by atoms with E-state index in [1.165, 1.54) is 35.7 Å². The van der Waals surface area contributed by atoms with E-state index in [1.54, 1.807) is 0 Å². The molecule has 0 fully saturated rings. The summed E-state index contributed by atoms with van der Waals surface area (Å²) in [5, 5.41) is 0. The SMILES string of the molecule is CCCC(CC)Cc1ccc(Br)cc1. The summed E-state index contributed by atoms with van der Waals surface area (Å²) in [6.07, 6.45) is 5.18. The minimum Gasteiger partial charge on any atom is -0.0654 e. The fourth-order valence-electron chi connectivity index (χ4n) is 1.81. The second-order valence-corrected chi connectivity index (χ2v) is 4.81. The maximum atomic E-state index is 3.46. The Kier molecular flexibility index (Phi) is 5.24. The monoisotopic (exact) mass is 254 g/mol. The summed E-state index contributed by atoms with van der Waals surface area (Å²) < 4.78 is 1.17. The van der Waals surface area contributed by atoms with E-state index in [0.717, 1.165) is 5.92 Å². The average molecular weight is 255 g/mol. The van der Waals surface area contributed by atoms with Gasteiger partial charge < -0.3 is 0 Å². The molecule has 0 saturated heterocycles. The molecule has 0 spiro atoms. The lowest BCUT2D eigenvalue weighted by molar-refractivity contribution is 0.462. The molecule has 1 heteroatoms. The first-order valence-corrected chi connectivity index (χ1v) is 6.30. The van der Waals surface area contributed by atoms with Crippen molar-refractivity contribution in [1.82, 2.24) is 0 Å². The molecule has 0 amide bonds. The molecule has 14 heavy (non-hydrogen) atoms. The van der Waals surface area contributed by atoms with E-state index in [0.29, 0.717) is 0 Å². The van der Waals surface area contributed by atoms with E-state index in [2.05, 4.69) is 54.0 Å². The van der Waals surface area contributed by atoms with Crippen molar-refractivity contribution in [2.75, 3.05) is 0 Å². The molecule has 0 radical (unpaired) electrons. The highest BCUT2D eigenvalue weighted by Crippen LogP contribution is 2.19. The van der Waals surface area contributed by atoms with Crippen LogP contribution in [0.1, 0.15) is 38.7 Å². The molecule has 0 aromatic heterocycles. The molecule has 0 aliphatic heterocycles. The van der Waals surface area contributed by atoms with Gasteiger partial charge in [-0.05, 0) is 30.0 Å². The van der Waals surface area contributed by atoms with Crippen LogP contribution < -0.4 is 0 Å². The molecular weight excluding hydrogens is 236 g/mol. The van der Waals surface area contributed by atoms with Crippen LogP contribution >= 0.6 is 15.9 Å². The Labute approximate surface area is 95.9 Å². The standard InChI is InChI=1S/C13H19Br/c1-3-5-11(4-2)10-12-6-8-13(14)9-7-12/h6-9,11H,3-5,10H2,1-2H3. The summed E-state index contributed by atoms with van der Waals surface area (Å²) in [5.41, 5.74) is 1.47. The van der Waals surface area contributed by atoms with Gasteiger partial charge in [-0.15, -0.1) is 0 Å². The van der Waals surface area contributed by atoms with Crippen molar-refractivity contribution in [2.45, 2.75) is 39.5 Å². The largest absolute Gasteiger partial charge is 0.0654 e. The fourth-order valence-corrected chi connectivity index (χ4v) is 2.08. The van der Waals surface area contributed by atoms with E-state index in [9.17, 15) is 0 Å². The molecule has 1 unspecified atom stereocenters. The maximum absolute atomic E-state index is 3.46. The fraction of sp³-hybridized carbons (Fsp3) is 0.538. The third-order valence-electron chi connectivity index (χ3n) is 2.71. The molecule has 1 aromatic rings. The lowest BCUT2D eigenvalue weighted by Gasteiger charge is -2.13. The minimum absolute atomic E-state index is 0.862. The van der Waals surface area contributed by atoms with Crippen LogP contribution in [0.4, 0.5) is 0 Å². The van der Waals surface area contributed by atoms with Gasteiger partial charge in [-0.1, -0.05) is 61.2 Å². The first-order chi connectivity index (χ1) is 6.76. The summed E-state index contributed by atoms with van der Waals surface area (Å²) in [4.78, 5) is 0. The van der Waals surface area contributed by atoms with Crippen LogP contribution in [0.2, 0.25) is 0 Å². The number of benzene rings is 1. The van der Waals surface area contributed by atoms with E-state index < -0.39 is 0 Å². The first kappa shape index (κ1) is 11.8. The van der Waals surface area contributed by atoms with Crippen molar-refractivity contribution >= 4 is 15.9 Å². The van der Waals surface area contributed by atoms with Crippen LogP contribution in [0.5, 0.6) is 0 Å². The molecule has 0 heterocycles. The molecule has 0 nitrogen and oxygen atoms in total. The number of halogens is 1. The van der Waals surface area contributed by atoms with Gasteiger partial charge in [0.2, 0.25) is 0 Å². The molecule has 0 aliphatic rings. The van der Waals surface area contributed by atoms with Gasteiger partial charge in [0.25, 0.3) is 0 Å². The van der Waals surface area contributed by atoms with Gasteiger partial charge in [-0.2, -0.15) is 0 Å². The Bertz CT molecular complexity index is 250. The lowest BCUT2D eigenvalue weighted by Crippen LogP contribution is -2.02. The zero-order valence-corrected chi connectivity index (χ0v) is 10.7. The summed E-state index contributed by atoms with van der Waals surface area (Å²) >= 11 is 3.46. The summed E-state index contributed by atoms with van der Waals surface area (Å²) in [6, 6.07) is 8.72. The number of hydrogen-bond acceptors (Lipinski definition) is 0. The quantitative estimate of drug-likeness (QED) is 0.707. The van der Waals surface area contributed by atoms with Gasteiger partial charge in [0.15, 0.2) is 0 Å². The van der Waals surface area contributed by atoms with Crippen molar-refractivity contribution in [1.29, 1.82) is 0 Å². The van der Waals surface area contributed by atoms with Crippen molar-refractivity contribution in [3.63, 3.8) is 0 Å². The smallest absolute Gasteiger partial charge is 0.0175 e. The second-order valence-electron chi connectivity index (χ2n) is 3.89. The zero-order valence-electron chi connectivity index (χ0n) is 9.09. The molecule has 1 atom stereocenters. The van der Waals surface area contributed by atoms with Crippen LogP contribution in [-0.2, 0) is 6.42 Å². The van der Waals surface area contributed by atoms with Gasteiger partial charge in [0.1, 0.15) is 0 Å². The second kappa shape index (κ2) is 6.23. The predicted octanol–water partition coefficient (Wildman–Crippen LogP) is 4.82. The zero-order chi connectivity index (χ0) is 10.4. The van der Waals surface area contributed by atoms with Gasteiger partial charge in [0.05, 0.1) is 0 Å². The lowest BCUT2D eigenvalue weighted by atomic mass is 9.93. The molecule has 0 N–H and O–H groups in total. The van der Waals surface area contributed by atoms with Gasteiger partial charge >= 0.3 is 0 Å². The van der Waals surface area contributed by atoms with Gasteiger partial charge in [0, 0.05) is 4.47 Å². The normalized spacial score (nSPS) is 12.8. The topological polar surface area (TPSA) is 0 Å². The predicted molar refractivity (Wildman–Crippen MR) is 66.5 cm³/mol. The van der Waals surface area contributed by atoms with E-state index in [4.69, 9.17) is 0 Å². The highest BCUT2D eigenvalue weighted by molar-refractivity contribution is 9.10. The Morgan fingerprint density at radius 2 is 1.79 bits per heavy atom. The van der Waals surface area contributed by atoms with Crippen LogP contribution in [0.3, 0.4) is 0 Å². The van der Waals surface area contributed by atoms with Crippen LogP contribution in [0.25, 0.3) is 0 Å². The number of rotatable bonds is 5. The summed E-state index contributed by atoms with van der Waals surface area (Å²) in [5.74, 6) is 0.862. The van der Waals surface area contributed by atoms with Crippen molar-refractivity contribution < 1.29 is 0 Å². The average Bonchev–Trinajstić information content (AvgIpc) is 2.20. The third-order valence-corrected chi connectivity index (χ3v) is 3.24. The van der Waals surface area contributed by atoms with Crippen LogP contribution in [0, 0.1) is 5.92 Å². The molecule has 0 aliphatic carbocycles. The molecular formula is C13H19Br. The number of hydrogen-bond donors (Lipinski definition) is 0.